The van der Waals surface area contributed by atoms with Gasteiger partial charge >= 0.3 is 0 Å². The van der Waals surface area contributed by atoms with Gasteiger partial charge in [0, 0.05) is 6.07 Å². The molecule has 0 aliphatic rings. The molecule has 0 unspecified atom stereocenters. The van der Waals surface area contributed by atoms with Crippen molar-refractivity contribution in [3.63, 3.8) is 0 Å². The van der Waals surface area contributed by atoms with Gasteiger partial charge in [-0.3, -0.25) is 4.79 Å². The molecule has 1 N–H and O–H groups in total. The molecule has 0 aliphatic carbocycles. The van der Waals surface area contributed by atoms with Gasteiger partial charge in [0.25, 0.3) is 0 Å². The zero-order valence-corrected chi connectivity index (χ0v) is 7.93. The van der Waals surface area contributed by atoms with E-state index in [-0.39, 0.29) is 11.6 Å². The number of nitrogens with zero attached hydrogens (tertiary/aromatic N) is 1. The second-order valence-corrected chi connectivity index (χ2v) is 3.38. The highest BCUT2D eigenvalue weighted by Crippen LogP contribution is 2.21. The summed E-state index contributed by atoms with van der Waals surface area (Å²) in [6.45, 7) is 0. The molecule has 0 atom stereocenters. The van der Waals surface area contributed by atoms with Crippen LogP contribution in [0.15, 0.2) is 16.6 Å². The van der Waals surface area contributed by atoms with Crippen molar-refractivity contribution in [2.75, 3.05) is 0 Å². The van der Waals surface area contributed by atoms with Crippen LogP contribution in [0.5, 0.6) is 0 Å². The van der Waals surface area contributed by atoms with E-state index in [1.54, 1.807) is 0 Å². The fraction of sp³-hybridized carbons (Fsp3) is 0. The van der Waals surface area contributed by atoms with E-state index in [9.17, 15) is 9.18 Å². The van der Waals surface area contributed by atoms with Crippen LogP contribution in [-0.4, -0.2) is 16.3 Å². The Hall–Kier alpha value is -1.23. The lowest BCUT2D eigenvalue weighted by molar-refractivity contribution is 0.111. The highest BCUT2D eigenvalue weighted by molar-refractivity contribution is 9.10. The Labute approximate surface area is 81.1 Å². The van der Waals surface area contributed by atoms with E-state index in [4.69, 9.17) is 0 Å². The number of nitrogens with one attached hydrogen (secondary N) is 1. The topological polar surface area (TPSA) is 45.8 Å². The average molecular weight is 243 g/mol. The van der Waals surface area contributed by atoms with Gasteiger partial charge in [-0.15, -0.1) is 0 Å². The van der Waals surface area contributed by atoms with Crippen molar-refractivity contribution in [1.29, 1.82) is 0 Å². The first kappa shape index (κ1) is 8.37. The van der Waals surface area contributed by atoms with Gasteiger partial charge in [0.1, 0.15) is 5.82 Å². The second kappa shape index (κ2) is 2.92. The maximum atomic E-state index is 13.0. The molecule has 5 heteroatoms. The molecule has 2 rings (SSSR count). The van der Waals surface area contributed by atoms with E-state index in [0.29, 0.717) is 21.8 Å². The smallest absolute Gasteiger partial charge is 0.185 e. The molecule has 1 aromatic carbocycles. The normalized spacial score (nSPS) is 10.6. The number of aromatic amines is 1. The summed E-state index contributed by atoms with van der Waals surface area (Å²) in [7, 11) is 0. The third-order valence-corrected chi connectivity index (χ3v) is 2.26. The number of halogens is 2. The second-order valence-electron chi connectivity index (χ2n) is 2.52. The van der Waals surface area contributed by atoms with E-state index in [0.717, 1.165) is 0 Å². The Morgan fingerprint density at radius 1 is 1.54 bits per heavy atom. The van der Waals surface area contributed by atoms with Gasteiger partial charge in [-0.05, 0) is 22.0 Å². The summed E-state index contributed by atoms with van der Waals surface area (Å²) in [6, 6.07) is 2.81. The van der Waals surface area contributed by atoms with E-state index >= 15 is 0 Å². The van der Waals surface area contributed by atoms with Crippen molar-refractivity contribution in [3.8, 4) is 0 Å². The summed E-state index contributed by atoms with van der Waals surface area (Å²) < 4.78 is 13.3. The third-order valence-electron chi connectivity index (χ3n) is 1.65. The number of benzene rings is 1. The molecule has 0 spiro atoms. The van der Waals surface area contributed by atoms with Crippen LogP contribution in [0.2, 0.25) is 0 Å². The lowest BCUT2D eigenvalue weighted by Gasteiger charge is -1.92. The number of carbonyl (C=O) groups is 1. The Bertz CT molecular complexity index is 441. The summed E-state index contributed by atoms with van der Waals surface area (Å²) in [5.74, 6) is -0.180. The molecule has 0 fully saturated rings. The number of hydrogen-bond donors (Lipinski definition) is 1. The van der Waals surface area contributed by atoms with E-state index in [1.807, 2.05) is 0 Å². The van der Waals surface area contributed by atoms with Gasteiger partial charge in [0.05, 0.1) is 15.5 Å². The highest BCUT2D eigenvalue weighted by atomic mass is 79.9. The van der Waals surface area contributed by atoms with Crippen LogP contribution in [0.3, 0.4) is 0 Å². The minimum Gasteiger partial charge on any atom is -0.336 e. The van der Waals surface area contributed by atoms with Crippen molar-refractivity contribution < 1.29 is 9.18 Å². The van der Waals surface area contributed by atoms with Gasteiger partial charge < -0.3 is 4.98 Å². The molecule has 2 aromatic rings. The largest absolute Gasteiger partial charge is 0.336 e. The molecule has 0 saturated heterocycles. The maximum Gasteiger partial charge on any atom is 0.185 e. The van der Waals surface area contributed by atoms with Gasteiger partial charge in [0.15, 0.2) is 12.1 Å². The predicted octanol–water partition coefficient (Wildman–Crippen LogP) is 2.28. The minimum absolute atomic E-state index is 0.201. The van der Waals surface area contributed by atoms with Crippen molar-refractivity contribution in [1.82, 2.24) is 9.97 Å². The van der Waals surface area contributed by atoms with E-state index < -0.39 is 0 Å². The maximum absolute atomic E-state index is 13.0. The summed E-state index contributed by atoms with van der Waals surface area (Å²) in [5.41, 5.74) is 1.08. The molecule has 0 aliphatic heterocycles. The molecule has 66 valence electrons. The number of rotatable bonds is 1. The number of fused-ring (bicyclic) bond motifs is 1. The van der Waals surface area contributed by atoms with Crippen molar-refractivity contribution >= 4 is 33.2 Å². The zero-order chi connectivity index (χ0) is 9.42. The Morgan fingerprint density at radius 3 is 3.00 bits per heavy atom. The molecule has 1 heterocycles. The molecule has 3 nitrogen and oxygen atoms in total. The molecule has 0 saturated carbocycles. The quantitative estimate of drug-likeness (QED) is 0.781. The number of hydrogen-bond acceptors (Lipinski definition) is 2. The average Bonchev–Trinajstić information content (AvgIpc) is 2.48. The van der Waals surface area contributed by atoms with E-state index in [1.165, 1.54) is 12.1 Å². The van der Waals surface area contributed by atoms with E-state index in [2.05, 4.69) is 25.9 Å². The van der Waals surface area contributed by atoms with Gasteiger partial charge in [0.2, 0.25) is 0 Å². The molecule has 0 radical (unpaired) electrons. The number of aldehydes is 1. The molecular formula is C8H4BrFN2O. The summed E-state index contributed by atoms with van der Waals surface area (Å²) in [6.07, 6.45) is 0.589. The summed E-state index contributed by atoms with van der Waals surface area (Å²) in [5, 5.41) is 0. The summed E-state index contributed by atoms with van der Waals surface area (Å²) in [4.78, 5) is 16.9. The lowest BCUT2D eigenvalue weighted by atomic mass is 10.3. The van der Waals surface area contributed by atoms with Crippen LogP contribution < -0.4 is 0 Å². The lowest BCUT2D eigenvalue weighted by Crippen LogP contribution is -1.78. The first-order valence-corrected chi connectivity index (χ1v) is 4.30. The first-order chi connectivity index (χ1) is 6.20. The Balaban J connectivity index is 2.77. The zero-order valence-electron chi connectivity index (χ0n) is 6.34. The van der Waals surface area contributed by atoms with Crippen molar-refractivity contribution in [2.24, 2.45) is 0 Å². The number of imidazole rings is 1. The van der Waals surface area contributed by atoms with Crippen LogP contribution in [0.4, 0.5) is 4.39 Å². The molecule has 1 aromatic heterocycles. The fourth-order valence-corrected chi connectivity index (χ4v) is 1.41. The number of H-pyrrole nitrogens is 1. The number of aromatic nitrogens is 2. The molecule has 0 amide bonds. The highest BCUT2D eigenvalue weighted by Gasteiger charge is 2.05. The molecule has 13 heavy (non-hydrogen) atoms. The first-order valence-electron chi connectivity index (χ1n) is 3.50. The van der Waals surface area contributed by atoms with Crippen LogP contribution >= 0.6 is 15.9 Å². The minimum atomic E-state index is -0.381. The Kier molecular flexibility index (Phi) is 1.88. The number of carbonyl (C=O) groups excluding carboxylic acids is 1. The standard InChI is InChI=1S/C8H4BrFN2O/c9-4-1-6-7(2-5(4)10)12-8(3-13)11-6/h1-3H,(H,11,12). The third kappa shape index (κ3) is 1.35. The predicted molar refractivity (Wildman–Crippen MR) is 49.1 cm³/mol. The van der Waals surface area contributed by atoms with Crippen LogP contribution in [-0.2, 0) is 0 Å². The van der Waals surface area contributed by atoms with Crippen LogP contribution in [0, 0.1) is 5.82 Å². The van der Waals surface area contributed by atoms with Crippen molar-refractivity contribution in [3.05, 3.63) is 28.2 Å². The van der Waals surface area contributed by atoms with Gasteiger partial charge in [-0.2, -0.15) is 0 Å². The fourth-order valence-electron chi connectivity index (χ4n) is 1.08. The van der Waals surface area contributed by atoms with Crippen molar-refractivity contribution in [2.45, 2.75) is 0 Å². The summed E-state index contributed by atoms with van der Waals surface area (Å²) >= 11 is 3.03. The monoisotopic (exact) mass is 242 g/mol. The van der Waals surface area contributed by atoms with Crippen LogP contribution in [0.1, 0.15) is 10.6 Å². The van der Waals surface area contributed by atoms with Gasteiger partial charge in [-0.25, -0.2) is 9.37 Å². The molecule has 0 bridgehead atoms. The van der Waals surface area contributed by atoms with Crippen LogP contribution in [0.25, 0.3) is 11.0 Å². The SMILES string of the molecule is O=Cc1nc2cc(Br)c(F)cc2[nH]1. The molecular weight excluding hydrogens is 239 g/mol. The Morgan fingerprint density at radius 2 is 2.31 bits per heavy atom. The van der Waals surface area contributed by atoms with Gasteiger partial charge in [-0.1, -0.05) is 0 Å².